The summed E-state index contributed by atoms with van der Waals surface area (Å²) in [6, 6.07) is 0. The minimum atomic E-state index is -0.483. The molecule has 0 radical (unpaired) electrons. The molecule has 0 bridgehead atoms. The van der Waals surface area contributed by atoms with Crippen molar-refractivity contribution in [3.05, 3.63) is 0 Å². The van der Waals surface area contributed by atoms with Gasteiger partial charge >= 0.3 is 6.09 Å². The quantitative estimate of drug-likeness (QED) is 0.550. The molecule has 0 aliphatic carbocycles. The number of ether oxygens (including phenoxy) is 2. The zero-order valence-corrected chi connectivity index (χ0v) is 17.2. The molecule has 5 nitrogen and oxygen atoms in total. The Balaban J connectivity index is 4.06. The molecule has 0 aromatic carbocycles. The molecule has 0 heterocycles. The number of amides is 1. The monoisotopic (exact) mass is 344 g/mol. The van der Waals surface area contributed by atoms with Gasteiger partial charge in [0.05, 0.1) is 5.60 Å². The SMILES string of the molecule is CCCCNCCC(C)(C)OCCC(C)(C)NC(=O)OC(C)(C)C. The minimum absolute atomic E-state index is 0.165. The maximum atomic E-state index is 11.9. The van der Waals surface area contributed by atoms with Gasteiger partial charge in [0.15, 0.2) is 0 Å². The second kappa shape index (κ2) is 10.2. The molecule has 0 saturated heterocycles. The van der Waals surface area contributed by atoms with Gasteiger partial charge in [-0.1, -0.05) is 13.3 Å². The molecule has 5 heteroatoms. The predicted molar refractivity (Wildman–Crippen MR) is 100 cm³/mol. The summed E-state index contributed by atoms with van der Waals surface area (Å²) in [6.45, 7) is 18.6. The van der Waals surface area contributed by atoms with E-state index in [4.69, 9.17) is 9.47 Å². The first-order valence-corrected chi connectivity index (χ1v) is 9.23. The Kier molecular flexibility index (Phi) is 9.90. The van der Waals surface area contributed by atoms with Gasteiger partial charge in [-0.25, -0.2) is 4.79 Å². The summed E-state index contributed by atoms with van der Waals surface area (Å²) >= 11 is 0. The maximum Gasteiger partial charge on any atom is 0.408 e. The molecule has 0 aliphatic rings. The molecule has 0 aromatic heterocycles. The maximum absolute atomic E-state index is 11.9. The highest BCUT2D eigenvalue weighted by atomic mass is 16.6. The lowest BCUT2D eigenvalue weighted by atomic mass is 10.0. The van der Waals surface area contributed by atoms with Crippen molar-refractivity contribution in [2.24, 2.45) is 0 Å². The van der Waals surface area contributed by atoms with Crippen molar-refractivity contribution in [1.82, 2.24) is 10.6 Å². The van der Waals surface area contributed by atoms with Crippen molar-refractivity contribution < 1.29 is 14.3 Å². The van der Waals surface area contributed by atoms with E-state index in [1.165, 1.54) is 12.8 Å². The van der Waals surface area contributed by atoms with Crippen LogP contribution in [0.15, 0.2) is 0 Å². The zero-order chi connectivity index (χ0) is 18.9. The molecule has 1 amide bonds. The normalized spacial score (nSPS) is 13.0. The van der Waals surface area contributed by atoms with E-state index in [2.05, 4.69) is 31.4 Å². The fourth-order valence-corrected chi connectivity index (χ4v) is 2.11. The van der Waals surface area contributed by atoms with Crippen LogP contribution in [0.3, 0.4) is 0 Å². The molecule has 0 aromatic rings. The third-order valence-corrected chi connectivity index (χ3v) is 3.67. The number of nitrogens with one attached hydrogen (secondary N) is 2. The van der Waals surface area contributed by atoms with Crippen molar-refractivity contribution in [2.75, 3.05) is 19.7 Å². The summed E-state index contributed by atoms with van der Waals surface area (Å²) in [5.41, 5.74) is -1.01. The highest BCUT2D eigenvalue weighted by Crippen LogP contribution is 2.17. The third-order valence-electron chi connectivity index (χ3n) is 3.67. The first kappa shape index (κ1) is 23.2. The van der Waals surface area contributed by atoms with Gasteiger partial charge in [0.2, 0.25) is 0 Å². The van der Waals surface area contributed by atoms with E-state index in [1.807, 2.05) is 34.6 Å². The molecule has 144 valence electrons. The average Bonchev–Trinajstić information content (AvgIpc) is 2.34. The van der Waals surface area contributed by atoms with Gasteiger partial charge in [-0.15, -0.1) is 0 Å². The van der Waals surface area contributed by atoms with Crippen molar-refractivity contribution >= 4 is 6.09 Å². The standard InChI is InChI=1S/C19H40N2O3/c1-9-10-13-20-14-11-19(7,8)23-15-12-18(5,6)21-16(22)24-17(2,3)4/h20H,9-15H2,1-8H3,(H,21,22). The van der Waals surface area contributed by atoms with Crippen LogP contribution in [0.5, 0.6) is 0 Å². The van der Waals surface area contributed by atoms with Crippen LogP contribution < -0.4 is 10.6 Å². The second-order valence-electron chi connectivity index (χ2n) is 8.72. The fourth-order valence-electron chi connectivity index (χ4n) is 2.11. The number of unbranched alkanes of at least 4 members (excludes halogenated alkanes) is 1. The van der Waals surface area contributed by atoms with Gasteiger partial charge in [-0.3, -0.25) is 0 Å². The summed E-state index contributed by atoms with van der Waals surface area (Å²) in [4.78, 5) is 11.9. The van der Waals surface area contributed by atoms with E-state index in [0.717, 1.165) is 25.9 Å². The summed E-state index contributed by atoms with van der Waals surface area (Å²) in [6.07, 6.45) is 3.75. The summed E-state index contributed by atoms with van der Waals surface area (Å²) < 4.78 is 11.3. The van der Waals surface area contributed by atoms with Crippen LogP contribution in [0, 0.1) is 0 Å². The molecule has 2 N–H and O–H groups in total. The van der Waals surface area contributed by atoms with Crippen LogP contribution >= 0.6 is 0 Å². The Hall–Kier alpha value is -0.810. The van der Waals surface area contributed by atoms with Gasteiger partial charge in [-0.05, 0) is 80.8 Å². The van der Waals surface area contributed by atoms with Crippen LogP contribution in [-0.4, -0.2) is 42.5 Å². The third kappa shape index (κ3) is 13.6. The van der Waals surface area contributed by atoms with Gasteiger partial charge < -0.3 is 20.1 Å². The Morgan fingerprint density at radius 3 is 2.12 bits per heavy atom. The Labute approximate surface area is 149 Å². The fraction of sp³-hybridized carbons (Fsp3) is 0.947. The molecule has 0 saturated carbocycles. The summed E-state index contributed by atoms with van der Waals surface area (Å²) in [5, 5.41) is 6.36. The van der Waals surface area contributed by atoms with Crippen LogP contribution in [0.4, 0.5) is 4.79 Å². The molecule has 0 atom stereocenters. The zero-order valence-electron chi connectivity index (χ0n) is 17.2. The summed E-state index contributed by atoms with van der Waals surface area (Å²) in [5.74, 6) is 0. The molecule has 0 rings (SSSR count). The first-order chi connectivity index (χ1) is 10.9. The van der Waals surface area contributed by atoms with E-state index < -0.39 is 5.60 Å². The lowest BCUT2D eigenvalue weighted by molar-refractivity contribution is -0.0307. The number of alkyl carbamates (subject to hydrolysis) is 1. The molecule has 0 aliphatic heterocycles. The van der Waals surface area contributed by atoms with Crippen LogP contribution in [0.1, 0.15) is 81.1 Å². The highest BCUT2D eigenvalue weighted by molar-refractivity contribution is 5.68. The Morgan fingerprint density at radius 2 is 1.58 bits per heavy atom. The van der Waals surface area contributed by atoms with Gasteiger partial charge in [0.25, 0.3) is 0 Å². The van der Waals surface area contributed by atoms with E-state index >= 15 is 0 Å². The van der Waals surface area contributed by atoms with Crippen LogP contribution in [0.2, 0.25) is 0 Å². The van der Waals surface area contributed by atoms with Gasteiger partial charge in [0.1, 0.15) is 5.60 Å². The van der Waals surface area contributed by atoms with Crippen molar-refractivity contribution in [3.8, 4) is 0 Å². The smallest absolute Gasteiger partial charge is 0.408 e. The van der Waals surface area contributed by atoms with E-state index in [9.17, 15) is 4.79 Å². The van der Waals surface area contributed by atoms with Gasteiger partial charge in [0, 0.05) is 12.1 Å². The van der Waals surface area contributed by atoms with Crippen molar-refractivity contribution in [2.45, 2.75) is 97.8 Å². The topological polar surface area (TPSA) is 59.6 Å². The number of hydrogen-bond donors (Lipinski definition) is 2. The lowest BCUT2D eigenvalue weighted by Gasteiger charge is -2.31. The van der Waals surface area contributed by atoms with Crippen molar-refractivity contribution in [3.63, 3.8) is 0 Å². The highest BCUT2D eigenvalue weighted by Gasteiger charge is 2.26. The lowest BCUT2D eigenvalue weighted by Crippen LogP contribution is -2.46. The minimum Gasteiger partial charge on any atom is -0.444 e. The van der Waals surface area contributed by atoms with E-state index in [1.54, 1.807) is 0 Å². The largest absolute Gasteiger partial charge is 0.444 e. The van der Waals surface area contributed by atoms with Gasteiger partial charge in [-0.2, -0.15) is 0 Å². The van der Waals surface area contributed by atoms with Crippen LogP contribution in [0.25, 0.3) is 0 Å². The number of carbonyl (C=O) groups is 1. The molecule has 24 heavy (non-hydrogen) atoms. The number of hydrogen-bond acceptors (Lipinski definition) is 4. The molecular formula is C19H40N2O3. The molecule has 0 fully saturated rings. The second-order valence-corrected chi connectivity index (χ2v) is 8.72. The molecule has 0 unspecified atom stereocenters. The predicted octanol–water partition coefficient (Wildman–Crippen LogP) is 4.25. The molecular weight excluding hydrogens is 304 g/mol. The van der Waals surface area contributed by atoms with E-state index in [0.29, 0.717) is 6.61 Å². The van der Waals surface area contributed by atoms with Crippen LogP contribution in [-0.2, 0) is 9.47 Å². The summed E-state index contributed by atoms with van der Waals surface area (Å²) in [7, 11) is 0. The number of carbonyl (C=O) groups excluding carboxylic acids is 1. The average molecular weight is 345 g/mol. The first-order valence-electron chi connectivity index (χ1n) is 9.23. The Morgan fingerprint density at radius 1 is 0.958 bits per heavy atom. The molecule has 0 spiro atoms. The van der Waals surface area contributed by atoms with E-state index in [-0.39, 0.29) is 17.2 Å². The number of rotatable bonds is 11. The van der Waals surface area contributed by atoms with Crippen molar-refractivity contribution in [1.29, 1.82) is 0 Å². The Bertz CT molecular complexity index is 360.